The Bertz CT molecular complexity index is 369. The fourth-order valence-electron chi connectivity index (χ4n) is 1.24. The summed E-state index contributed by atoms with van der Waals surface area (Å²) >= 11 is 1.69. The van der Waals surface area contributed by atoms with Crippen molar-refractivity contribution in [3.63, 3.8) is 0 Å². The third-order valence-electron chi connectivity index (χ3n) is 2.02. The van der Waals surface area contributed by atoms with Crippen LogP contribution in [0.3, 0.4) is 0 Å². The largest absolute Gasteiger partial charge is 0.497 e. The van der Waals surface area contributed by atoms with Gasteiger partial charge >= 0.3 is 0 Å². The van der Waals surface area contributed by atoms with E-state index < -0.39 is 0 Å². The van der Waals surface area contributed by atoms with E-state index in [0.29, 0.717) is 23.5 Å². The van der Waals surface area contributed by atoms with Gasteiger partial charge in [0.25, 0.3) is 5.91 Å². The Kier molecular flexibility index (Phi) is 4.98. The number of hydrogen-bond donors (Lipinski definition) is 2. The van der Waals surface area contributed by atoms with Crippen LogP contribution in [0.5, 0.6) is 5.75 Å². The van der Waals surface area contributed by atoms with Gasteiger partial charge in [0, 0.05) is 29.6 Å². The van der Waals surface area contributed by atoms with Crippen LogP contribution >= 0.6 is 11.8 Å². The highest BCUT2D eigenvalue weighted by molar-refractivity contribution is 7.98. The van der Waals surface area contributed by atoms with E-state index in [-0.39, 0.29) is 5.91 Å². The predicted octanol–water partition coefficient (Wildman–Crippen LogP) is 1.37. The Labute approximate surface area is 99.5 Å². The molecule has 0 aliphatic rings. The molecule has 0 radical (unpaired) electrons. The summed E-state index contributed by atoms with van der Waals surface area (Å²) in [6, 6.07) is 4.99. The van der Waals surface area contributed by atoms with E-state index in [1.54, 1.807) is 37.1 Å². The molecule has 0 saturated carbocycles. The van der Waals surface area contributed by atoms with Gasteiger partial charge in [0.15, 0.2) is 0 Å². The van der Waals surface area contributed by atoms with Gasteiger partial charge in [-0.15, -0.1) is 0 Å². The fourth-order valence-corrected chi connectivity index (χ4v) is 1.55. The van der Waals surface area contributed by atoms with Gasteiger partial charge < -0.3 is 15.8 Å². The highest BCUT2D eigenvalue weighted by Gasteiger charge is 2.07. The molecule has 1 aromatic rings. The van der Waals surface area contributed by atoms with Crippen LogP contribution in [0.25, 0.3) is 0 Å². The van der Waals surface area contributed by atoms with Crippen LogP contribution in [0, 0.1) is 0 Å². The van der Waals surface area contributed by atoms with Crippen molar-refractivity contribution in [3.05, 3.63) is 23.8 Å². The molecular formula is C11H16N2O2S. The zero-order valence-corrected chi connectivity index (χ0v) is 10.3. The molecule has 0 aromatic heterocycles. The standard InChI is InChI=1S/C11H16N2O2S/c1-15-10-6-8(5-9(12)7-10)11(14)13-3-4-16-2/h5-7H,3-4,12H2,1-2H3,(H,13,14). The summed E-state index contributed by atoms with van der Waals surface area (Å²) in [7, 11) is 1.55. The lowest BCUT2D eigenvalue weighted by Crippen LogP contribution is -2.25. The van der Waals surface area contributed by atoms with Gasteiger partial charge in [0.1, 0.15) is 5.75 Å². The number of nitrogen functional groups attached to an aromatic ring is 1. The second-order valence-electron chi connectivity index (χ2n) is 3.24. The summed E-state index contributed by atoms with van der Waals surface area (Å²) in [4.78, 5) is 11.7. The molecule has 0 bridgehead atoms. The number of amides is 1. The molecule has 5 heteroatoms. The minimum atomic E-state index is -0.125. The van der Waals surface area contributed by atoms with Crippen LogP contribution in [-0.2, 0) is 0 Å². The van der Waals surface area contributed by atoms with Crippen LogP contribution in [0.15, 0.2) is 18.2 Å². The van der Waals surface area contributed by atoms with Crippen LogP contribution in [-0.4, -0.2) is 31.6 Å². The molecular weight excluding hydrogens is 224 g/mol. The van der Waals surface area contributed by atoms with Gasteiger partial charge in [-0.05, 0) is 18.4 Å². The highest BCUT2D eigenvalue weighted by Crippen LogP contribution is 2.18. The first-order valence-corrected chi connectivity index (χ1v) is 6.28. The van der Waals surface area contributed by atoms with Crippen molar-refractivity contribution in [2.45, 2.75) is 0 Å². The maximum atomic E-state index is 11.7. The molecule has 88 valence electrons. The van der Waals surface area contributed by atoms with Gasteiger partial charge in [0.05, 0.1) is 7.11 Å². The number of carbonyl (C=O) groups excluding carboxylic acids is 1. The van der Waals surface area contributed by atoms with Crippen LogP contribution < -0.4 is 15.8 Å². The van der Waals surface area contributed by atoms with Gasteiger partial charge in [-0.2, -0.15) is 11.8 Å². The summed E-state index contributed by atoms with van der Waals surface area (Å²) in [6.45, 7) is 0.650. The first kappa shape index (κ1) is 12.7. The Balaban J connectivity index is 2.71. The fraction of sp³-hybridized carbons (Fsp3) is 0.364. The molecule has 3 N–H and O–H groups in total. The van der Waals surface area contributed by atoms with Crippen LogP contribution in [0.2, 0.25) is 0 Å². The smallest absolute Gasteiger partial charge is 0.251 e. The number of anilines is 1. The van der Waals surface area contributed by atoms with Crippen molar-refractivity contribution in [2.75, 3.05) is 31.4 Å². The molecule has 0 aliphatic heterocycles. The number of carbonyl (C=O) groups is 1. The molecule has 1 rings (SSSR count). The Morgan fingerprint density at radius 3 is 2.88 bits per heavy atom. The lowest BCUT2D eigenvalue weighted by atomic mass is 10.2. The third-order valence-corrected chi connectivity index (χ3v) is 2.63. The number of benzene rings is 1. The van der Waals surface area contributed by atoms with Gasteiger partial charge in [-0.3, -0.25) is 4.79 Å². The molecule has 0 atom stereocenters. The van der Waals surface area contributed by atoms with Crippen molar-refractivity contribution in [3.8, 4) is 5.75 Å². The van der Waals surface area contributed by atoms with Gasteiger partial charge in [-0.25, -0.2) is 0 Å². The van der Waals surface area contributed by atoms with Crippen molar-refractivity contribution < 1.29 is 9.53 Å². The molecule has 0 aliphatic carbocycles. The average Bonchev–Trinajstić information content (AvgIpc) is 2.28. The predicted molar refractivity (Wildman–Crippen MR) is 68.1 cm³/mol. The highest BCUT2D eigenvalue weighted by atomic mass is 32.2. The van der Waals surface area contributed by atoms with Gasteiger partial charge in [-0.1, -0.05) is 0 Å². The minimum Gasteiger partial charge on any atom is -0.497 e. The number of nitrogens with one attached hydrogen (secondary N) is 1. The first-order valence-electron chi connectivity index (χ1n) is 4.89. The minimum absolute atomic E-state index is 0.125. The summed E-state index contributed by atoms with van der Waals surface area (Å²) in [5, 5.41) is 2.81. The second kappa shape index (κ2) is 6.27. The lowest BCUT2D eigenvalue weighted by molar-refractivity contribution is 0.0956. The van der Waals surface area contributed by atoms with Crippen LogP contribution in [0.1, 0.15) is 10.4 Å². The topological polar surface area (TPSA) is 64.3 Å². The van der Waals surface area contributed by atoms with E-state index in [2.05, 4.69) is 5.32 Å². The average molecular weight is 240 g/mol. The van der Waals surface area contributed by atoms with E-state index in [4.69, 9.17) is 10.5 Å². The zero-order chi connectivity index (χ0) is 12.0. The second-order valence-corrected chi connectivity index (χ2v) is 4.23. The first-order chi connectivity index (χ1) is 7.67. The summed E-state index contributed by atoms with van der Waals surface area (Å²) in [5.41, 5.74) is 6.71. The molecule has 0 spiro atoms. The molecule has 1 amide bonds. The molecule has 0 fully saturated rings. The summed E-state index contributed by atoms with van der Waals surface area (Å²) in [5.74, 6) is 1.36. The van der Waals surface area contributed by atoms with Crippen molar-refractivity contribution in [1.82, 2.24) is 5.32 Å². The SMILES string of the molecule is COc1cc(N)cc(C(=O)NCCSC)c1. The molecule has 16 heavy (non-hydrogen) atoms. The Morgan fingerprint density at radius 2 is 2.25 bits per heavy atom. The molecule has 0 heterocycles. The number of ether oxygens (including phenoxy) is 1. The normalized spacial score (nSPS) is 9.88. The van der Waals surface area contributed by atoms with E-state index in [1.807, 2.05) is 6.26 Å². The zero-order valence-electron chi connectivity index (χ0n) is 9.45. The number of hydrogen-bond acceptors (Lipinski definition) is 4. The van der Waals surface area contributed by atoms with Crippen LogP contribution in [0.4, 0.5) is 5.69 Å². The van der Waals surface area contributed by atoms with E-state index in [1.165, 1.54) is 0 Å². The summed E-state index contributed by atoms with van der Waals surface area (Å²) < 4.78 is 5.05. The Hall–Kier alpha value is -1.36. The quantitative estimate of drug-likeness (QED) is 0.602. The maximum Gasteiger partial charge on any atom is 0.251 e. The van der Waals surface area contributed by atoms with E-state index in [9.17, 15) is 4.79 Å². The van der Waals surface area contributed by atoms with E-state index >= 15 is 0 Å². The molecule has 4 nitrogen and oxygen atoms in total. The van der Waals surface area contributed by atoms with Gasteiger partial charge in [0.2, 0.25) is 0 Å². The Morgan fingerprint density at radius 1 is 1.50 bits per heavy atom. The summed E-state index contributed by atoms with van der Waals surface area (Å²) in [6.07, 6.45) is 2.00. The maximum absolute atomic E-state index is 11.7. The molecule has 0 saturated heterocycles. The van der Waals surface area contributed by atoms with Crippen molar-refractivity contribution in [1.29, 1.82) is 0 Å². The number of rotatable bonds is 5. The van der Waals surface area contributed by atoms with Crippen molar-refractivity contribution >= 4 is 23.4 Å². The number of methoxy groups -OCH3 is 1. The molecule has 0 unspecified atom stereocenters. The third kappa shape index (κ3) is 3.66. The molecule has 1 aromatic carbocycles. The van der Waals surface area contributed by atoms with Crippen molar-refractivity contribution in [2.24, 2.45) is 0 Å². The monoisotopic (exact) mass is 240 g/mol. The van der Waals surface area contributed by atoms with E-state index in [0.717, 1.165) is 5.75 Å². The number of thioether (sulfide) groups is 1. The number of nitrogens with two attached hydrogens (primary N) is 1. The lowest BCUT2D eigenvalue weighted by Gasteiger charge is -2.07.